The van der Waals surface area contributed by atoms with Crippen LogP contribution in [0.1, 0.15) is 60.8 Å². The van der Waals surface area contributed by atoms with E-state index in [2.05, 4.69) is 0 Å². The molecular formula is C21H30O6. The minimum absolute atomic E-state index is 0.263. The highest BCUT2D eigenvalue weighted by atomic mass is 16.6. The molecule has 2 aliphatic carbocycles. The Bertz CT molecular complexity index is 672. The summed E-state index contributed by atoms with van der Waals surface area (Å²) in [5, 5.41) is 0. The predicted octanol–water partition coefficient (Wildman–Crippen LogP) is 3.49. The molecule has 0 aromatic heterocycles. The van der Waals surface area contributed by atoms with Crippen LogP contribution in [0, 0.1) is 10.8 Å². The number of carbonyl (C=O) groups is 3. The lowest BCUT2D eigenvalue weighted by Crippen LogP contribution is -2.50. The Morgan fingerprint density at radius 3 is 1.81 bits per heavy atom. The number of ether oxygens (including phenoxy) is 3. The van der Waals surface area contributed by atoms with Crippen LogP contribution in [0.25, 0.3) is 0 Å². The average Bonchev–Trinajstić information content (AvgIpc) is 2.93. The largest absolute Gasteiger partial charge is 0.462 e. The van der Waals surface area contributed by atoms with Crippen molar-refractivity contribution in [1.82, 2.24) is 0 Å². The maximum Gasteiger partial charge on any atom is 0.338 e. The summed E-state index contributed by atoms with van der Waals surface area (Å²) in [6, 6.07) is 0. The lowest BCUT2D eigenvalue weighted by Gasteiger charge is -2.41. The minimum atomic E-state index is -1.26. The fourth-order valence-electron chi connectivity index (χ4n) is 3.81. The van der Waals surface area contributed by atoms with Crippen molar-refractivity contribution in [3.63, 3.8) is 0 Å². The molecule has 2 atom stereocenters. The van der Waals surface area contributed by atoms with Gasteiger partial charge in [0.05, 0.1) is 23.9 Å². The monoisotopic (exact) mass is 378 g/mol. The molecule has 0 saturated heterocycles. The fraction of sp³-hybridized carbons (Fsp3) is 0.667. The molecule has 6 heteroatoms. The smallest absolute Gasteiger partial charge is 0.338 e. The van der Waals surface area contributed by atoms with E-state index >= 15 is 0 Å². The maximum absolute atomic E-state index is 13.1. The zero-order valence-corrected chi connectivity index (χ0v) is 17.0. The van der Waals surface area contributed by atoms with Gasteiger partial charge in [-0.1, -0.05) is 24.6 Å². The Morgan fingerprint density at radius 1 is 0.815 bits per heavy atom. The number of hydrogen-bond acceptors (Lipinski definition) is 6. The third kappa shape index (κ3) is 3.94. The van der Waals surface area contributed by atoms with Crippen molar-refractivity contribution in [3.8, 4) is 0 Å². The quantitative estimate of drug-likeness (QED) is 0.520. The van der Waals surface area contributed by atoms with Crippen LogP contribution < -0.4 is 0 Å². The highest BCUT2D eigenvalue weighted by Gasteiger charge is 2.64. The lowest BCUT2D eigenvalue weighted by atomic mass is 9.62. The van der Waals surface area contributed by atoms with E-state index in [9.17, 15) is 14.4 Å². The van der Waals surface area contributed by atoms with Gasteiger partial charge in [0.2, 0.25) is 0 Å². The highest BCUT2D eigenvalue weighted by Crippen LogP contribution is 2.59. The lowest BCUT2D eigenvalue weighted by molar-refractivity contribution is -0.175. The van der Waals surface area contributed by atoms with Crippen molar-refractivity contribution < 1.29 is 28.6 Å². The molecule has 0 radical (unpaired) electrons. The summed E-state index contributed by atoms with van der Waals surface area (Å²) in [5.41, 5.74) is -2.16. The van der Waals surface area contributed by atoms with E-state index in [1.54, 1.807) is 59.8 Å². The third-order valence-corrected chi connectivity index (χ3v) is 4.88. The average molecular weight is 378 g/mol. The zero-order chi connectivity index (χ0) is 20.4. The van der Waals surface area contributed by atoms with Gasteiger partial charge in [-0.05, 0) is 54.4 Å². The molecule has 2 rings (SSSR count). The van der Waals surface area contributed by atoms with Crippen molar-refractivity contribution in [2.45, 2.75) is 79.1 Å². The van der Waals surface area contributed by atoms with Crippen LogP contribution in [0.5, 0.6) is 0 Å². The van der Waals surface area contributed by atoms with E-state index in [-0.39, 0.29) is 23.9 Å². The van der Waals surface area contributed by atoms with Crippen molar-refractivity contribution >= 4 is 17.9 Å². The Morgan fingerprint density at radius 2 is 1.30 bits per heavy atom. The molecule has 1 saturated carbocycles. The topological polar surface area (TPSA) is 78.9 Å². The predicted molar refractivity (Wildman–Crippen MR) is 99.6 cm³/mol. The molecule has 2 aliphatic rings. The van der Waals surface area contributed by atoms with Gasteiger partial charge >= 0.3 is 17.9 Å². The third-order valence-electron chi connectivity index (χ3n) is 4.88. The van der Waals surface area contributed by atoms with Crippen molar-refractivity contribution in [3.05, 3.63) is 23.8 Å². The van der Waals surface area contributed by atoms with Crippen LogP contribution >= 0.6 is 0 Å². The molecule has 27 heavy (non-hydrogen) atoms. The Labute approximate surface area is 160 Å². The zero-order valence-electron chi connectivity index (χ0n) is 17.0. The standard InChI is InChI=1S/C21H30O6/c1-13(2)25-17(22)16-8-11-20(18(23)26-14(3)4)9-7-10-21(20,12-16)19(24)27-15(5)6/h8,11-15H,7,9-10H2,1-6H3/t20-,21+/m1/s1. The number of rotatable bonds is 6. The van der Waals surface area contributed by atoms with Crippen LogP contribution in [-0.4, -0.2) is 36.2 Å². The van der Waals surface area contributed by atoms with E-state index in [1.165, 1.54) is 0 Å². The van der Waals surface area contributed by atoms with Gasteiger partial charge in [0, 0.05) is 0 Å². The highest BCUT2D eigenvalue weighted by molar-refractivity contribution is 5.99. The van der Waals surface area contributed by atoms with Gasteiger partial charge in [-0.3, -0.25) is 9.59 Å². The van der Waals surface area contributed by atoms with Gasteiger partial charge in [-0.15, -0.1) is 0 Å². The minimum Gasteiger partial charge on any atom is -0.462 e. The summed E-state index contributed by atoms with van der Waals surface area (Å²) in [7, 11) is 0. The van der Waals surface area contributed by atoms with Gasteiger partial charge in [0.1, 0.15) is 10.8 Å². The first-order valence-corrected chi connectivity index (χ1v) is 9.59. The first kappa shape index (κ1) is 21.2. The second-order valence-corrected chi connectivity index (χ2v) is 8.09. The van der Waals surface area contributed by atoms with Crippen LogP contribution in [0.15, 0.2) is 23.8 Å². The summed E-state index contributed by atoms with van der Waals surface area (Å²) in [6.45, 7) is 10.6. The molecular weight excluding hydrogens is 348 g/mol. The van der Waals surface area contributed by atoms with Crippen LogP contribution in [0.2, 0.25) is 0 Å². The number of carbonyl (C=O) groups excluding carboxylic acids is 3. The maximum atomic E-state index is 13.1. The van der Waals surface area contributed by atoms with E-state index in [4.69, 9.17) is 14.2 Å². The van der Waals surface area contributed by atoms with Gasteiger partial charge < -0.3 is 14.2 Å². The van der Waals surface area contributed by atoms with Crippen LogP contribution in [-0.2, 0) is 28.6 Å². The number of fused-ring (bicyclic) bond motifs is 1. The number of esters is 3. The summed E-state index contributed by atoms with van der Waals surface area (Å²) in [6.07, 6.45) is 5.37. The summed E-state index contributed by atoms with van der Waals surface area (Å²) >= 11 is 0. The van der Waals surface area contributed by atoms with Crippen molar-refractivity contribution in [2.75, 3.05) is 0 Å². The Kier molecular flexibility index (Phi) is 6.17. The van der Waals surface area contributed by atoms with Gasteiger partial charge in [-0.2, -0.15) is 0 Å². The van der Waals surface area contributed by atoms with E-state index in [0.717, 1.165) is 0 Å². The van der Waals surface area contributed by atoms with Gasteiger partial charge in [-0.25, -0.2) is 4.79 Å². The molecule has 150 valence electrons. The van der Waals surface area contributed by atoms with E-state index in [0.29, 0.717) is 19.3 Å². The van der Waals surface area contributed by atoms with E-state index < -0.39 is 28.7 Å². The number of hydrogen-bond donors (Lipinski definition) is 0. The Balaban J connectivity index is 2.53. The fourth-order valence-corrected chi connectivity index (χ4v) is 3.81. The van der Waals surface area contributed by atoms with Gasteiger partial charge in [0.15, 0.2) is 0 Å². The van der Waals surface area contributed by atoms with E-state index in [1.807, 2.05) is 0 Å². The van der Waals surface area contributed by atoms with Crippen molar-refractivity contribution in [2.24, 2.45) is 10.8 Å². The van der Waals surface area contributed by atoms with Crippen LogP contribution in [0.3, 0.4) is 0 Å². The van der Waals surface area contributed by atoms with Crippen LogP contribution in [0.4, 0.5) is 0 Å². The molecule has 0 N–H and O–H groups in total. The summed E-state index contributed by atoms with van der Waals surface area (Å²) in [4.78, 5) is 38.6. The first-order valence-electron chi connectivity index (χ1n) is 9.59. The summed E-state index contributed by atoms with van der Waals surface area (Å²) < 4.78 is 16.3. The molecule has 1 fully saturated rings. The first-order chi connectivity index (χ1) is 12.5. The molecule has 6 nitrogen and oxygen atoms in total. The molecule has 0 aromatic rings. The molecule has 0 unspecified atom stereocenters. The normalized spacial score (nSPS) is 26.8. The SMILES string of the molecule is CC(C)OC(=O)C1=C[C@]2(C(=O)OC(C)C)CCC[C@]2(C(=O)OC(C)C)C=C1. The van der Waals surface area contributed by atoms with Crippen molar-refractivity contribution in [1.29, 1.82) is 0 Å². The molecule has 0 heterocycles. The Hall–Kier alpha value is -2.11. The molecule has 0 bridgehead atoms. The molecule has 0 amide bonds. The molecule has 0 aromatic carbocycles. The second kappa shape index (κ2) is 7.87. The van der Waals surface area contributed by atoms with Gasteiger partial charge in [0.25, 0.3) is 0 Å². The summed E-state index contributed by atoms with van der Waals surface area (Å²) in [5.74, 6) is -1.48. The molecule has 0 aliphatic heterocycles. The second-order valence-electron chi connectivity index (χ2n) is 8.09. The molecule has 0 spiro atoms.